The number of furan rings is 1. The van der Waals surface area contributed by atoms with E-state index in [4.69, 9.17) is 13.9 Å². The van der Waals surface area contributed by atoms with E-state index in [0.29, 0.717) is 28.5 Å². The first-order chi connectivity index (χ1) is 17.7. The number of hydrazone groups is 1. The summed E-state index contributed by atoms with van der Waals surface area (Å²) in [7, 11) is -2.26. The molecule has 2 aromatic carbocycles. The molecule has 3 rings (SSSR count). The van der Waals surface area contributed by atoms with Crippen molar-refractivity contribution in [2.24, 2.45) is 5.10 Å². The van der Waals surface area contributed by atoms with Crippen molar-refractivity contribution in [1.29, 1.82) is 0 Å². The molecule has 0 aliphatic rings. The SMILES string of the molecule is COc1ccc(N([C@H](C)C(=O)N/N=C\c2ccc(OCC(=O)NCc3ccco3)cc2)S(C)(=O)=O)cc1. The molecule has 0 fully saturated rings. The lowest BCUT2D eigenvalue weighted by Gasteiger charge is -2.27. The third-order valence-electron chi connectivity index (χ3n) is 5.09. The van der Waals surface area contributed by atoms with Crippen LogP contribution in [0.2, 0.25) is 0 Å². The molecule has 0 radical (unpaired) electrons. The summed E-state index contributed by atoms with van der Waals surface area (Å²) >= 11 is 0. The molecule has 0 saturated carbocycles. The standard InChI is InChI=1S/C25H28N4O7S/c1-18(29(37(3,32)33)20-8-12-21(34-2)13-9-20)25(31)28-27-15-19-6-10-22(11-7-19)36-17-24(30)26-16-23-5-4-14-35-23/h4-15,18H,16-17H2,1-3H3,(H,26,30)(H,28,31)/b27-15-/t18-/m1/s1. The zero-order chi connectivity index (χ0) is 26.8. The Bertz CT molecular complexity index is 1310. The van der Waals surface area contributed by atoms with Gasteiger partial charge in [-0.1, -0.05) is 0 Å². The lowest BCUT2D eigenvalue weighted by Crippen LogP contribution is -2.46. The van der Waals surface area contributed by atoms with E-state index in [1.165, 1.54) is 26.5 Å². The Morgan fingerprint density at radius 2 is 1.76 bits per heavy atom. The van der Waals surface area contributed by atoms with E-state index in [0.717, 1.165) is 10.6 Å². The second-order valence-corrected chi connectivity index (χ2v) is 9.74. The summed E-state index contributed by atoms with van der Waals surface area (Å²) in [5.74, 6) is 0.771. The van der Waals surface area contributed by atoms with E-state index in [1.807, 2.05) is 0 Å². The number of sulfonamides is 1. The summed E-state index contributed by atoms with van der Waals surface area (Å²) in [6.45, 7) is 1.58. The van der Waals surface area contributed by atoms with Crippen LogP contribution in [-0.4, -0.2) is 52.5 Å². The number of rotatable bonds is 12. The van der Waals surface area contributed by atoms with Gasteiger partial charge in [0.15, 0.2) is 6.61 Å². The molecule has 12 heteroatoms. The number of amides is 2. The Morgan fingerprint density at radius 1 is 1.08 bits per heavy atom. The van der Waals surface area contributed by atoms with Crippen molar-refractivity contribution in [1.82, 2.24) is 10.7 Å². The Kier molecular flexibility index (Phi) is 9.27. The van der Waals surface area contributed by atoms with Crippen LogP contribution in [0.5, 0.6) is 11.5 Å². The van der Waals surface area contributed by atoms with Gasteiger partial charge < -0.3 is 19.2 Å². The smallest absolute Gasteiger partial charge is 0.263 e. The molecule has 1 aromatic heterocycles. The van der Waals surface area contributed by atoms with Crippen LogP contribution < -0.4 is 24.5 Å². The summed E-state index contributed by atoms with van der Waals surface area (Å²) in [6, 6.07) is 15.4. The van der Waals surface area contributed by atoms with Gasteiger partial charge in [0.1, 0.15) is 23.3 Å². The maximum absolute atomic E-state index is 12.6. The monoisotopic (exact) mass is 528 g/mol. The van der Waals surface area contributed by atoms with Gasteiger partial charge in [-0.05, 0) is 73.2 Å². The molecule has 1 atom stereocenters. The Morgan fingerprint density at radius 3 is 2.35 bits per heavy atom. The predicted octanol–water partition coefficient (Wildman–Crippen LogP) is 2.29. The second-order valence-electron chi connectivity index (χ2n) is 7.88. The third kappa shape index (κ3) is 8.10. The lowest BCUT2D eigenvalue weighted by atomic mass is 10.2. The number of carbonyl (C=O) groups is 2. The molecule has 0 unspecified atom stereocenters. The molecule has 0 aliphatic carbocycles. The molecule has 0 aliphatic heterocycles. The van der Waals surface area contributed by atoms with Gasteiger partial charge >= 0.3 is 0 Å². The topological polar surface area (TPSA) is 140 Å². The first-order valence-corrected chi connectivity index (χ1v) is 13.0. The van der Waals surface area contributed by atoms with Gasteiger partial charge in [-0.25, -0.2) is 13.8 Å². The molecular formula is C25H28N4O7S. The van der Waals surface area contributed by atoms with Crippen LogP contribution in [0.3, 0.4) is 0 Å². The van der Waals surface area contributed by atoms with Crippen molar-refractivity contribution in [3.8, 4) is 11.5 Å². The van der Waals surface area contributed by atoms with Crippen LogP contribution in [0.4, 0.5) is 5.69 Å². The molecule has 196 valence electrons. The number of anilines is 1. The largest absolute Gasteiger partial charge is 0.497 e. The Labute approximate surface area is 215 Å². The van der Waals surface area contributed by atoms with Crippen LogP contribution >= 0.6 is 0 Å². The minimum atomic E-state index is -3.76. The summed E-state index contributed by atoms with van der Waals surface area (Å²) in [5, 5.41) is 6.60. The van der Waals surface area contributed by atoms with Crippen LogP contribution in [0.15, 0.2) is 76.4 Å². The second kappa shape index (κ2) is 12.6. The highest BCUT2D eigenvalue weighted by Crippen LogP contribution is 2.23. The quantitative estimate of drug-likeness (QED) is 0.272. The van der Waals surface area contributed by atoms with Crippen LogP contribution in [0, 0.1) is 0 Å². The fourth-order valence-corrected chi connectivity index (χ4v) is 4.43. The maximum atomic E-state index is 12.6. The fourth-order valence-electron chi connectivity index (χ4n) is 3.25. The van der Waals surface area contributed by atoms with Crippen molar-refractivity contribution in [3.05, 3.63) is 78.3 Å². The minimum Gasteiger partial charge on any atom is -0.497 e. The van der Waals surface area contributed by atoms with E-state index in [1.54, 1.807) is 60.7 Å². The summed E-state index contributed by atoms with van der Waals surface area (Å²) in [6.07, 6.45) is 3.96. The normalized spacial score (nSPS) is 12.1. The first kappa shape index (κ1) is 27.3. The van der Waals surface area contributed by atoms with Crippen molar-refractivity contribution < 1.29 is 31.9 Å². The zero-order valence-corrected chi connectivity index (χ0v) is 21.4. The highest BCUT2D eigenvalue weighted by Gasteiger charge is 2.29. The van der Waals surface area contributed by atoms with Crippen molar-refractivity contribution in [2.45, 2.75) is 19.5 Å². The van der Waals surface area contributed by atoms with E-state index >= 15 is 0 Å². The van der Waals surface area contributed by atoms with E-state index in [2.05, 4.69) is 15.8 Å². The van der Waals surface area contributed by atoms with E-state index < -0.39 is 22.0 Å². The lowest BCUT2D eigenvalue weighted by molar-refractivity contribution is -0.123. The molecule has 3 aromatic rings. The maximum Gasteiger partial charge on any atom is 0.263 e. The average Bonchev–Trinajstić information content (AvgIpc) is 3.40. The van der Waals surface area contributed by atoms with Gasteiger partial charge in [0.2, 0.25) is 10.0 Å². The highest BCUT2D eigenvalue weighted by molar-refractivity contribution is 7.92. The minimum absolute atomic E-state index is 0.160. The number of hydrogen-bond donors (Lipinski definition) is 2. The highest BCUT2D eigenvalue weighted by atomic mass is 32.2. The number of methoxy groups -OCH3 is 1. The van der Waals surface area contributed by atoms with E-state index in [9.17, 15) is 18.0 Å². The number of nitrogens with zero attached hydrogens (tertiary/aromatic N) is 2. The van der Waals surface area contributed by atoms with Gasteiger partial charge in [0, 0.05) is 0 Å². The molecule has 0 bridgehead atoms. The van der Waals surface area contributed by atoms with E-state index in [-0.39, 0.29) is 19.1 Å². The molecule has 1 heterocycles. The summed E-state index contributed by atoms with van der Waals surface area (Å²) < 4.78 is 41.5. The van der Waals surface area contributed by atoms with Crippen LogP contribution in [0.25, 0.3) is 0 Å². The molecule has 2 N–H and O–H groups in total. The van der Waals surface area contributed by atoms with Gasteiger partial charge in [-0.2, -0.15) is 5.10 Å². The van der Waals surface area contributed by atoms with Crippen LogP contribution in [0.1, 0.15) is 18.2 Å². The zero-order valence-electron chi connectivity index (χ0n) is 20.6. The molecule has 2 amide bonds. The predicted molar refractivity (Wildman–Crippen MR) is 138 cm³/mol. The number of carbonyl (C=O) groups excluding carboxylic acids is 2. The number of hydrogen-bond acceptors (Lipinski definition) is 8. The van der Waals surface area contributed by atoms with Crippen LogP contribution in [-0.2, 0) is 26.2 Å². The summed E-state index contributed by atoms with van der Waals surface area (Å²) in [4.78, 5) is 24.5. The van der Waals surface area contributed by atoms with Gasteiger partial charge in [-0.15, -0.1) is 0 Å². The molecule has 11 nitrogen and oxygen atoms in total. The summed E-state index contributed by atoms with van der Waals surface area (Å²) in [5.41, 5.74) is 3.33. The molecule has 0 saturated heterocycles. The number of ether oxygens (including phenoxy) is 2. The number of benzene rings is 2. The van der Waals surface area contributed by atoms with Crippen molar-refractivity contribution in [2.75, 3.05) is 24.3 Å². The van der Waals surface area contributed by atoms with Crippen molar-refractivity contribution in [3.63, 3.8) is 0 Å². The van der Waals surface area contributed by atoms with Gasteiger partial charge in [0.05, 0.1) is 38.1 Å². The average molecular weight is 529 g/mol. The number of nitrogens with one attached hydrogen (secondary N) is 2. The Hall–Kier alpha value is -4.32. The van der Waals surface area contributed by atoms with Gasteiger partial charge in [0.25, 0.3) is 11.8 Å². The third-order valence-corrected chi connectivity index (χ3v) is 6.34. The molecular weight excluding hydrogens is 500 g/mol. The Balaban J connectivity index is 1.51. The molecule has 37 heavy (non-hydrogen) atoms. The van der Waals surface area contributed by atoms with Crippen molar-refractivity contribution >= 4 is 33.7 Å². The molecule has 0 spiro atoms. The van der Waals surface area contributed by atoms with Gasteiger partial charge in [-0.3, -0.25) is 13.9 Å². The fraction of sp³-hybridized carbons (Fsp3) is 0.240. The first-order valence-electron chi connectivity index (χ1n) is 11.2.